The molecule has 0 aliphatic heterocycles. The maximum atomic E-state index is 5.83. The molecule has 106 valence electrons. The topological polar surface area (TPSA) is 21.3 Å². The van der Waals surface area contributed by atoms with Gasteiger partial charge in [-0.2, -0.15) is 0 Å². The van der Waals surface area contributed by atoms with Crippen molar-refractivity contribution in [3.63, 3.8) is 0 Å². The highest BCUT2D eigenvalue weighted by Gasteiger charge is 2.00. The quantitative estimate of drug-likeness (QED) is 0.768. The van der Waals surface area contributed by atoms with Crippen molar-refractivity contribution in [2.24, 2.45) is 0 Å². The predicted molar refractivity (Wildman–Crippen MR) is 87.4 cm³/mol. The molecule has 0 saturated heterocycles. The molecule has 0 aliphatic carbocycles. The van der Waals surface area contributed by atoms with Crippen LogP contribution in [0, 0.1) is 6.92 Å². The van der Waals surface area contributed by atoms with E-state index in [1.165, 1.54) is 10.4 Å². The fourth-order valence-corrected chi connectivity index (χ4v) is 2.83. The third-order valence-electron chi connectivity index (χ3n) is 3.06. The number of hydrogen-bond donors (Lipinski definition) is 1. The summed E-state index contributed by atoms with van der Waals surface area (Å²) in [5, 5.41) is 5.55. The maximum absolute atomic E-state index is 5.83. The van der Waals surface area contributed by atoms with Gasteiger partial charge in [-0.25, -0.2) is 0 Å². The van der Waals surface area contributed by atoms with Crippen LogP contribution < -0.4 is 10.1 Å². The van der Waals surface area contributed by atoms with Crippen molar-refractivity contribution in [3.05, 3.63) is 57.8 Å². The molecule has 3 heteroatoms. The SMILES string of the molecule is CC=Cc1ccccc1OCCNCc1sccc1C. The average Bonchev–Trinajstić information content (AvgIpc) is 2.86. The van der Waals surface area contributed by atoms with Crippen LogP contribution in [0.3, 0.4) is 0 Å². The molecule has 0 atom stereocenters. The zero-order valence-corrected chi connectivity index (χ0v) is 12.9. The minimum absolute atomic E-state index is 0.680. The Morgan fingerprint density at radius 1 is 1.25 bits per heavy atom. The van der Waals surface area contributed by atoms with E-state index in [1.54, 1.807) is 11.3 Å². The van der Waals surface area contributed by atoms with E-state index >= 15 is 0 Å². The summed E-state index contributed by atoms with van der Waals surface area (Å²) in [6, 6.07) is 10.3. The molecule has 0 bridgehead atoms. The number of benzene rings is 1. The van der Waals surface area contributed by atoms with Crippen LogP contribution in [0.1, 0.15) is 22.9 Å². The zero-order valence-electron chi connectivity index (χ0n) is 12.1. The number of thiophene rings is 1. The number of ether oxygens (including phenoxy) is 1. The molecule has 0 amide bonds. The van der Waals surface area contributed by atoms with E-state index in [1.807, 2.05) is 31.2 Å². The van der Waals surface area contributed by atoms with Crippen molar-refractivity contribution >= 4 is 17.4 Å². The van der Waals surface area contributed by atoms with Crippen molar-refractivity contribution in [3.8, 4) is 5.75 Å². The van der Waals surface area contributed by atoms with Crippen molar-refractivity contribution < 1.29 is 4.74 Å². The summed E-state index contributed by atoms with van der Waals surface area (Å²) in [6.45, 7) is 6.61. The van der Waals surface area contributed by atoms with Gasteiger partial charge in [-0.15, -0.1) is 11.3 Å². The molecule has 1 aromatic heterocycles. The third kappa shape index (κ3) is 4.22. The lowest BCUT2D eigenvalue weighted by Crippen LogP contribution is -2.20. The zero-order chi connectivity index (χ0) is 14.2. The van der Waals surface area contributed by atoms with Crippen molar-refractivity contribution in [1.82, 2.24) is 5.32 Å². The second kappa shape index (κ2) is 7.88. The normalized spacial score (nSPS) is 11.1. The minimum Gasteiger partial charge on any atom is -0.492 e. The van der Waals surface area contributed by atoms with Crippen LogP contribution in [-0.4, -0.2) is 13.2 Å². The summed E-state index contributed by atoms with van der Waals surface area (Å²) in [5.41, 5.74) is 2.49. The first-order chi connectivity index (χ1) is 9.81. The molecule has 0 unspecified atom stereocenters. The van der Waals surface area contributed by atoms with Gasteiger partial charge >= 0.3 is 0 Å². The van der Waals surface area contributed by atoms with Gasteiger partial charge in [0, 0.05) is 23.5 Å². The lowest BCUT2D eigenvalue weighted by molar-refractivity contribution is 0.313. The van der Waals surface area contributed by atoms with E-state index < -0.39 is 0 Å². The number of aryl methyl sites for hydroxylation is 1. The molecule has 1 heterocycles. The Morgan fingerprint density at radius 2 is 2.10 bits per heavy atom. The summed E-state index contributed by atoms with van der Waals surface area (Å²) >= 11 is 1.80. The van der Waals surface area contributed by atoms with Crippen molar-refractivity contribution in [1.29, 1.82) is 0 Å². The van der Waals surface area contributed by atoms with E-state index in [0.29, 0.717) is 6.61 Å². The van der Waals surface area contributed by atoms with Crippen LogP contribution in [0.2, 0.25) is 0 Å². The third-order valence-corrected chi connectivity index (χ3v) is 4.08. The molecule has 2 rings (SSSR count). The highest BCUT2D eigenvalue weighted by Crippen LogP contribution is 2.19. The predicted octanol–water partition coefficient (Wildman–Crippen LogP) is 4.26. The smallest absolute Gasteiger partial charge is 0.126 e. The molecular formula is C17H21NOS. The summed E-state index contributed by atoms with van der Waals surface area (Å²) in [7, 11) is 0. The number of nitrogens with one attached hydrogen (secondary N) is 1. The van der Waals surface area contributed by atoms with E-state index in [-0.39, 0.29) is 0 Å². The van der Waals surface area contributed by atoms with Gasteiger partial charge in [-0.05, 0) is 36.9 Å². The number of rotatable bonds is 7. The first kappa shape index (κ1) is 14.8. The summed E-state index contributed by atoms with van der Waals surface area (Å²) in [4.78, 5) is 1.40. The second-order valence-electron chi connectivity index (χ2n) is 4.59. The molecule has 20 heavy (non-hydrogen) atoms. The fourth-order valence-electron chi connectivity index (χ4n) is 1.95. The first-order valence-electron chi connectivity index (χ1n) is 6.89. The van der Waals surface area contributed by atoms with Gasteiger partial charge in [0.15, 0.2) is 0 Å². The lowest BCUT2D eigenvalue weighted by atomic mass is 10.2. The van der Waals surface area contributed by atoms with Gasteiger partial charge in [0.05, 0.1) is 0 Å². The number of para-hydroxylation sites is 1. The molecule has 0 spiro atoms. The van der Waals surface area contributed by atoms with E-state index in [9.17, 15) is 0 Å². The molecule has 0 fully saturated rings. The van der Waals surface area contributed by atoms with Gasteiger partial charge in [-0.3, -0.25) is 0 Å². The van der Waals surface area contributed by atoms with E-state index in [0.717, 1.165) is 24.4 Å². The van der Waals surface area contributed by atoms with Crippen LogP contribution in [0.15, 0.2) is 41.8 Å². The summed E-state index contributed by atoms with van der Waals surface area (Å²) < 4.78 is 5.83. The number of allylic oxidation sites excluding steroid dienone is 1. The van der Waals surface area contributed by atoms with Crippen LogP contribution in [0.5, 0.6) is 5.75 Å². The lowest BCUT2D eigenvalue weighted by Gasteiger charge is -2.10. The Hall–Kier alpha value is -1.58. The molecule has 2 aromatic rings. The molecule has 1 aromatic carbocycles. The van der Waals surface area contributed by atoms with Crippen LogP contribution >= 0.6 is 11.3 Å². The second-order valence-corrected chi connectivity index (χ2v) is 5.59. The van der Waals surface area contributed by atoms with Crippen LogP contribution in [-0.2, 0) is 6.54 Å². The Bertz CT molecular complexity index is 560. The van der Waals surface area contributed by atoms with Crippen molar-refractivity contribution in [2.45, 2.75) is 20.4 Å². The molecule has 0 saturated carbocycles. The van der Waals surface area contributed by atoms with Crippen molar-refractivity contribution in [2.75, 3.05) is 13.2 Å². The molecule has 2 nitrogen and oxygen atoms in total. The largest absolute Gasteiger partial charge is 0.492 e. The highest BCUT2D eigenvalue weighted by molar-refractivity contribution is 7.10. The fraction of sp³-hybridized carbons (Fsp3) is 0.294. The van der Waals surface area contributed by atoms with Gasteiger partial charge < -0.3 is 10.1 Å². The van der Waals surface area contributed by atoms with Crippen LogP contribution in [0.4, 0.5) is 0 Å². The van der Waals surface area contributed by atoms with Gasteiger partial charge in [-0.1, -0.05) is 30.4 Å². The van der Waals surface area contributed by atoms with Gasteiger partial charge in [0.1, 0.15) is 12.4 Å². The highest BCUT2D eigenvalue weighted by atomic mass is 32.1. The standard InChI is InChI=1S/C17H21NOS/c1-3-6-15-7-4-5-8-16(15)19-11-10-18-13-17-14(2)9-12-20-17/h3-9,12,18H,10-11,13H2,1-2H3. The van der Waals surface area contributed by atoms with Gasteiger partial charge in [0.2, 0.25) is 0 Å². The molecule has 0 radical (unpaired) electrons. The van der Waals surface area contributed by atoms with E-state index in [2.05, 4.69) is 35.8 Å². The maximum Gasteiger partial charge on any atom is 0.126 e. The van der Waals surface area contributed by atoms with Gasteiger partial charge in [0.25, 0.3) is 0 Å². The molecule has 0 aliphatic rings. The Morgan fingerprint density at radius 3 is 2.85 bits per heavy atom. The Balaban J connectivity index is 1.75. The molecule has 1 N–H and O–H groups in total. The monoisotopic (exact) mass is 287 g/mol. The summed E-state index contributed by atoms with van der Waals surface area (Å²) in [6.07, 6.45) is 4.10. The van der Waals surface area contributed by atoms with E-state index in [4.69, 9.17) is 4.74 Å². The minimum atomic E-state index is 0.680. The van der Waals surface area contributed by atoms with Crippen LogP contribution in [0.25, 0.3) is 6.08 Å². The average molecular weight is 287 g/mol. The summed E-state index contributed by atoms with van der Waals surface area (Å²) in [5.74, 6) is 0.944. The Labute approximate surface area is 125 Å². The molecular weight excluding hydrogens is 266 g/mol. The number of hydrogen-bond acceptors (Lipinski definition) is 3. The first-order valence-corrected chi connectivity index (χ1v) is 7.77. The Kier molecular flexibility index (Phi) is 5.84.